The fourth-order valence-corrected chi connectivity index (χ4v) is 1.69. The molecule has 2 N–H and O–H groups in total. The van der Waals surface area contributed by atoms with Crippen LogP contribution in [0.15, 0.2) is 0 Å². The van der Waals surface area contributed by atoms with Crippen molar-refractivity contribution >= 4 is 11.9 Å². The van der Waals surface area contributed by atoms with Gasteiger partial charge in [-0.2, -0.15) is 0 Å². The lowest BCUT2D eigenvalue weighted by atomic mass is 9.96. The minimum Gasteiger partial charge on any atom is -0.352 e. The number of urea groups is 1. The van der Waals surface area contributed by atoms with Crippen LogP contribution < -0.4 is 10.6 Å². The lowest BCUT2D eigenvalue weighted by molar-refractivity contribution is -0.132. The molecule has 0 aromatic rings. The second-order valence-corrected chi connectivity index (χ2v) is 6.19. The topological polar surface area (TPSA) is 61.4 Å². The molecule has 0 bridgehead atoms. The Morgan fingerprint density at radius 1 is 1.47 bits per heavy atom. The monoisotopic (exact) mass is 241 g/mol. The van der Waals surface area contributed by atoms with E-state index in [9.17, 15) is 9.59 Å². The molecule has 0 aromatic carbocycles. The lowest BCUT2D eigenvalue weighted by Gasteiger charge is -2.41. The van der Waals surface area contributed by atoms with Crippen molar-refractivity contribution in [3.63, 3.8) is 0 Å². The van der Waals surface area contributed by atoms with E-state index in [0.29, 0.717) is 19.6 Å². The first kappa shape index (κ1) is 13.8. The molecule has 17 heavy (non-hydrogen) atoms. The highest BCUT2D eigenvalue weighted by Gasteiger charge is 2.40. The first-order chi connectivity index (χ1) is 7.64. The van der Waals surface area contributed by atoms with E-state index in [-0.39, 0.29) is 17.4 Å². The summed E-state index contributed by atoms with van der Waals surface area (Å²) in [7, 11) is 0. The van der Waals surface area contributed by atoms with Crippen molar-refractivity contribution < 1.29 is 9.59 Å². The highest BCUT2D eigenvalue weighted by molar-refractivity contribution is 5.91. The number of nitrogens with one attached hydrogen (secondary N) is 2. The van der Waals surface area contributed by atoms with Crippen LogP contribution in [0.5, 0.6) is 0 Å². The average Bonchev–Trinajstić information content (AvgIpc) is 2.17. The molecule has 0 saturated carbocycles. The Kier molecular flexibility index (Phi) is 3.69. The van der Waals surface area contributed by atoms with Gasteiger partial charge in [0.25, 0.3) is 0 Å². The highest BCUT2D eigenvalue weighted by atomic mass is 16.2. The number of rotatable bonds is 1. The Morgan fingerprint density at radius 2 is 2.06 bits per heavy atom. The summed E-state index contributed by atoms with van der Waals surface area (Å²) in [6.45, 7) is 11.4. The average molecular weight is 241 g/mol. The van der Waals surface area contributed by atoms with Crippen molar-refractivity contribution in [2.45, 2.75) is 40.2 Å². The molecule has 1 aliphatic heterocycles. The van der Waals surface area contributed by atoms with Gasteiger partial charge in [0.2, 0.25) is 5.91 Å². The second kappa shape index (κ2) is 4.55. The molecule has 0 unspecified atom stereocenters. The van der Waals surface area contributed by atoms with Crippen molar-refractivity contribution in [2.24, 2.45) is 5.41 Å². The summed E-state index contributed by atoms with van der Waals surface area (Å²) in [6.07, 6.45) is 0. The summed E-state index contributed by atoms with van der Waals surface area (Å²) in [5, 5.41) is 5.64. The largest absolute Gasteiger partial charge is 0.352 e. The Bertz CT molecular complexity index is 318. The van der Waals surface area contributed by atoms with Crippen LogP contribution in [-0.2, 0) is 4.79 Å². The first-order valence-electron chi connectivity index (χ1n) is 5.98. The fraction of sp³-hybridized carbons (Fsp3) is 0.833. The molecule has 1 fully saturated rings. The third-order valence-corrected chi connectivity index (χ3v) is 2.87. The van der Waals surface area contributed by atoms with Gasteiger partial charge in [-0.05, 0) is 19.3 Å². The van der Waals surface area contributed by atoms with Gasteiger partial charge >= 0.3 is 6.03 Å². The van der Waals surface area contributed by atoms with Gasteiger partial charge in [-0.25, -0.2) is 4.79 Å². The molecule has 0 spiro atoms. The minimum atomic E-state index is -0.778. The van der Waals surface area contributed by atoms with E-state index in [1.54, 1.807) is 18.7 Å². The maximum atomic E-state index is 12.0. The van der Waals surface area contributed by atoms with Gasteiger partial charge in [0.05, 0.1) is 0 Å². The van der Waals surface area contributed by atoms with Crippen molar-refractivity contribution in [3.05, 3.63) is 0 Å². The Labute approximate surface area is 103 Å². The molecule has 0 radical (unpaired) electrons. The number of hydrogen-bond acceptors (Lipinski definition) is 2. The molecule has 1 heterocycles. The van der Waals surface area contributed by atoms with Crippen LogP contribution in [0, 0.1) is 5.41 Å². The van der Waals surface area contributed by atoms with Crippen molar-refractivity contribution in [3.8, 4) is 0 Å². The molecule has 98 valence electrons. The smallest absolute Gasteiger partial charge is 0.318 e. The zero-order valence-electron chi connectivity index (χ0n) is 11.4. The van der Waals surface area contributed by atoms with Crippen molar-refractivity contribution in [2.75, 3.05) is 19.6 Å². The summed E-state index contributed by atoms with van der Waals surface area (Å²) in [4.78, 5) is 25.3. The molecule has 5 nitrogen and oxygen atoms in total. The summed E-state index contributed by atoms with van der Waals surface area (Å²) in [5.41, 5.74) is -0.738. The second-order valence-electron chi connectivity index (χ2n) is 6.19. The molecule has 0 aliphatic carbocycles. The maximum absolute atomic E-state index is 12.0. The van der Waals surface area contributed by atoms with E-state index >= 15 is 0 Å². The maximum Gasteiger partial charge on any atom is 0.318 e. The van der Waals surface area contributed by atoms with Crippen molar-refractivity contribution in [1.82, 2.24) is 15.5 Å². The first-order valence-corrected chi connectivity index (χ1v) is 5.98. The third kappa shape index (κ3) is 3.35. The van der Waals surface area contributed by atoms with E-state index in [1.165, 1.54) is 0 Å². The fourth-order valence-electron chi connectivity index (χ4n) is 1.69. The van der Waals surface area contributed by atoms with Crippen LogP contribution in [0.2, 0.25) is 0 Å². The summed E-state index contributed by atoms with van der Waals surface area (Å²) >= 11 is 0. The molecule has 0 aromatic heterocycles. The number of piperazine rings is 1. The van der Waals surface area contributed by atoms with E-state index in [2.05, 4.69) is 31.4 Å². The van der Waals surface area contributed by atoms with Gasteiger partial charge < -0.3 is 15.5 Å². The van der Waals surface area contributed by atoms with Gasteiger partial charge in [0.1, 0.15) is 5.54 Å². The van der Waals surface area contributed by atoms with Gasteiger partial charge in [-0.1, -0.05) is 20.8 Å². The molecule has 1 aliphatic rings. The quantitative estimate of drug-likeness (QED) is 0.718. The van der Waals surface area contributed by atoms with Crippen LogP contribution in [0.3, 0.4) is 0 Å². The number of carbonyl (C=O) groups is 2. The molecule has 5 heteroatoms. The van der Waals surface area contributed by atoms with Crippen LogP contribution in [0.1, 0.15) is 34.6 Å². The van der Waals surface area contributed by atoms with Gasteiger partial charge in [0, 0.05) is 19.6 Å². The Morgan fingerprint density at radius 3 is 2.59 bits per heavy atom. The van der Waals surface area contributed by atoms with E-state index in [4.69, 9.17) is 0 Å². The minimum absolute atomic E-state index is 0.0395. The SMILES string of the molecule is CC(C)(C)CNC(=O)N1CCNC(=O)C1(C)C. The molecular weight excluding hydrogens is 218 g/mol. The predicted octanol–water partition coefficient (Wildman–Crippen LogP) is 0.953. The normalized spacial score (nSPS) is 19.8. The van der Waals surface area contributed by atoms with E-state index < -0.39 is 5.54 Å². The van der Waals surface area contributed by atoms with Gasteiger partial charge in [0.15, 0.2) is 0 Å². The highest BCUT2D eigenvalue weighted by Crippen LogP contribution is 2.18. The number of hydrogen-bond donors (Lipinski definition) is 2. The van der Waals surface area contributed by atoms with E-state index in [1.807, 2.05) is 0 Å². The molecule has 3 amide bonds. The van der Waals surface area contributed by atoms with Crippen LogP contribution in [0.4, 0.5) is 4.79 Å². The van der Waals surface area contributed by atoms with Crippen LogP contribution >= 0.6 is 0 Å². The number of amides is 3. The Balaban J connectivity index is 2.65. The predicted molar refractivity (Wildman–Crippen MR) is 66.6 cm³/mol. The van der Waals surface area contributed by atoms with E-state index in [0.717, 1.165) is 0 Å². The standard InChI is InChI=1S/C12H23N3O2/c1-11(2,3)8-14-10(17)15-7-6-13-9(16)12(15,4)5/h6-8H2,1-5H3,(H,13,16)(H,14,17). The summed E-state index contributed by atoms with van der Waals surface area (Å²) in [6, 6.07) is -0.167. The van der Waals surface area contributed by atoms with Gasteiger partial charge in [-0.15, -0.1) is 0 Å². The number of carbonyl (C=O) groups excluding carboxylic acids is 2. The lowest BCUT2D eigenvalue weighted by Crippen LogP contribution is -2.65. The molecule has 1 saturated heterocycles. The molecular formula is C12H23N3O2. The zero-order chi connectivity index (χ0) is 13.3. The molecule has 0 atom stereocenters. The summed E-state index contributed by atoms with van der Waals surface area (Å²) in [5.74, 6) is -0.102. The zero-order valence-corrected chi connectivity index (χ0v) is 11.4. The van der Waals surface area contributed by atoms with Gasteiger partial charge in [-0.3, -0.25) is 4.79 Å². The van der Waals surface area contributed by atoms with Crippen LogP contribution in [-0.4, -0.2) is 42.0 Å². The van der Waals surface area contributed by atoms with Crippen molar-refractivity contribution in [1.29, 1.82) is 0 Å². The number of nitrogens with zero attached hydrogens (tertiary/aromatic N) is 1. The van der Waals surface area contributed by atoms with Crippen LogP contribution in [0.25, 0.3) is 0 Å². The summed E-state index contributed by atoms with van der Waals surface area (Å²) < 4.78 is 0. The molecule has 1 rings (SSSR count). The Hall–Kier alpha value is -1.26. The third-order valence-electron chi connectivity index (χ3n) is 2.87.